The van der Waals surface area contributed by atoms with Crippen LogP contribution in [0.15, 0.2) is 29.2 Å². The fourth-order valence-electron chi connectivity index (χ4n) is 1.78. The molecule has 1 aromatic rings. The topological polar surface area (TPSA) is 49.4 Å². The van der Waals surface area contributed by atoms with Gasteiger partial charge in [0.15, 0.2) is 0 Å². The minimum absolute atomic E-state index is 0.0145. The van der Waals surface area contributed by atoms with Crippen LogP contribution in [0.4, 0.5) is 0 Å². The number of hydrogen-bond acceptors (Lipinski definition) is 3. The lowest BCUT2D eigenvalue weighted by Crippen LogP contribution is -2.35. The monoisotopic (exact) mass is 298 g/mol. The van der Waals surface area contributed by atoms with Crippen molar-refractivity contribution in [3.63, 3.8) is 0 Å². The molecule has 0 radical (unpaired) electrons. The lowest BCUT2D eigenvalue weighted by Gasteiger charge is -2.19. The van der Waals surface area contributed by atoms with E-state index in [2.05, 4.69) is 5.32 Å². The summed E-state index contributed by atoms with van der Waals surface area (Å²) in [6.45, 7) is 1.63. The maximum atomic E-state index is 12.0. The Balaban J connectivity index is 1.83. The van der Waals surface area contributed by atoms with Crippen molar-refractivity contribution in [2.45, 2.75) is 11.3 Å². The Hall–Kier alpha value is -1.20. The van der Waals surface area contributed by atoms with Crippen molar-refractivity contribution in [1.29, 1.82) is 0 Å². The first kappa shape index (κ1) is 14.2. The molecule has 0 unspecified atom stereocenters. The van der Waals surface area contributed by atoms with Crippen LogP contribution in [0.1, 0.15) is 6.42 Å². The van der Waals surface area contributed by atoms with Gasteiger partial charge >= 0.3 is 0 Å². The van der Waals surface area contributed by atoms with Crippen LogP contribution in [0.3, 0.4) is 0 Å². The van der Waals surface area contributed by atoms with Gasteiger partial charge in [0.1, 0.15) is 0 Å². The molecule has 0 aliphatic carbocycles. The number of nitrogens with zero attached hydrogens (tertiary/aromatic N) is 1. The first-order chi connectivity index (χ1) is 9.15. The largest absolute Gasteiger partial charge is 0.354 e. The molecule has 0 bridgehead atoms. The third-order valence-corrected chi connectivity index (χ3v) is 4.09. The zero-order chi connectivity index (χ0) is 13.7. The molecule has 102 valence electrons. The van der Waals surface area contributed by atoms with Crippen molar-refractivity contribution in [1.82, 2.24) is 10.2 Å². The molecule has 1 aliphatic heterocycles. The van der Waals surface area contributed by atoms with Crippen LogP contribution in [0.2, 0.25) is 5.02 Å². The Bertz CT molecular complexity index is 464. The van der Waals surface area contributed by atoms with Crippen LogP contribution in [0.5, 0.6) is 0 Å². The maximum Gasteiger partial charge on any atom is 0.233 e. The maximum absolute atomic E-state index is 12.0. The fourth-order valence-corrected chi connectivity index (χ4v) is 2.71. The molecule has 4 nitrogen and oxygen atoms in total. The molecule has 19 heavy (non-hydrogen) atoms. The predicted octanol–water partition coefficient (Wildman–Crippen LogP) is 1.78. The highest BCUT2D eigenvalue weighted by Crippen LogP contribution is 2.20. The van der Waals surface area contributed by atoms with Gasteiger partial charge in [0, 0.05) is 36.0 Å². The van der Waals surface area contributed by atoms with Crippen LogP contribution in [-0.2, 0) is 9.59 Å². The lowest BCUT2D eigenvalue weighted by molar-refractivity contribution is -0.128. The third kappa shape index (κ3) is 4.44. The first-order valence-electron chi connectivity index (χ1n) is 6.08. The molecule has 0 spiro atoms. The van der Waals surface area contributed by atoms with E-state index in [1.54, 1.807) is 4.90 Å². The molecule has 1 fully saturated rings. The summed E-state index contributed by atoms with van der Waals surface area (Å²) >= 11 is 7.29. The van der Waals surface area contributed by atoms with Gasteiger partial charge in [-0.25, -0.2) is 0 Å². The SMILES string of the molecule is O=C1CCN(C(=O)CSc2ccc(Cl)cc2)CCN1. The van der Waals surface area contributed by atoms with E-state index in [0.717, 1.165) is 4.90 Å². The molecular weight excluding hydrogens is 284 g/mol. The molecule has 1 aliphatic rings. The lowest BCUT2D eigenvalue weighted by atomic mass is 10.4. The van der Waals surface area contributed by atoms with E-state index < -0.39 is 0 Å². The summed E-state index contributed by atoms with van der Waals surface area (Å²) in [7, 11) is 0. The number of thioether (sulfide) groups is 1. The molecular formula is C13H15ClN2O2S. The smallest absolute Gasteiger partial charge is 0.233 e. The Morgan fingerprint density at radius 2 is 2.05 bits per heavy atom. The molecule has 0 saturated carbocycles. The Kier molecular flexibility index (Phi) is 5.10. The third-order valence-electron chi connectivity index (χ3n) is 2.84. The highest BCUT2D eigenvalue weighted by Gasteiger charge is 2.18. The van der Waals surface area contributed by atoms with E-state index in [1.807, 2.05) is 24.3 Å². The highest BCUT2D eigenvalue weighted by molar-refractivity contribution is 8.00. The van der Waals surface area contributed by atoms with Gasteiger partial charge in [0.2, 0.25) is 11.8 Å². The minimum Gasteiger partial charge on any atom is -0.354 e. The molecule has 1 N–H and O–H groups in total. The van der Waals surface area contributed by atoms with E-state index in [1.165, 1.54) is 11.8 Å². The summed E-state index contributed by atoms with van der Waals surface area (Å²) in [6, 6.07) is 7.41. The summed E-state index contributed by atoms with van der Waals surface area (Å²) in [5.74, 6) is 0.465. The second-order valence-corrected chi connectivity index (χ2v) is 5.71. The molecule has 1 aromatic carbocycles. The molecule has 1 heterocycles. The Labute approximate surface area is 121 Å². The number of carbonyl (C=O) groups excluding carboxylic acids is 2. The van der Waals surface area contributed by atoms with Crippen molar-refractivity contribution < 1.29 is 9.59 Å². The van der Waals surface area contributed by atoms with Gasteiger partial charge in [0.05, 0.1) is 5.75 Å². The van der Waals surface area contributed by atoms with Crippen molar-refractivity contribution in [2.24, 2.45) is 0 Å². The summed E-state index contributed by atoms with van der Waals surface area (Å²) < 4.78 is 0. The van der Waals surface area contributed by atoms with Gasteiger partial charge in [-0.05, 0) is 24.3 Å². The average molecular weight is 299 g/mol. The highest BCUT2D eigenvalue weighted by atomic mass is 35.5. The molecule has 6 heteroatoms. The van der Waals surface area contributed by atoms with Crippen LogP contribution < -0.4 is 5.32 Å². The molecule has 1 saturated heterocycles. The number of carbonyl (C=O) groups is 2. The number of nitrogens with one attached hydrogen (secondary N) is 1. The van der Waals surface area contributed by atoms with Gasteiger partial charge in [-0.3, -0.25) is 9.59 Å². The Morgan fingerprint density at radius 1 is 1.32 bits per heavy atom. The van der Waals surface area contributed by atoms with Crippen LogP contribution in [-0.4, -0.2) is 42.1 Å². The van der Waals surface area contributed by atoms with E-state index in [-0.39, 0.29) is 11.8 Å². The Morgan fingerprint density at radius 3 is 2.79 bits per heavy atom. The van der Waals surface area contributed by atoms with Crippen molar-refractivity contribution in [2.75, 3.05) is 25.4 Å². The number of amides is 2. The standard InChI is InChI=1S/C13H15ClN2O2S/c14-10-1-3-11(4-2-10)19-9-13(18)16-7-5-12(17)15-6-8-16/h1-4H,5-9H2,(H,15,17). The van der Waals surface area contributed by atoms with E-state index in [4.69, 9.17) is 11.6 Å². The van der Waals surface area contributed by atoms with Crippen molar-refractivity contribution in [3.8, 4) is 0 Å². The summed E-state index contributed by atoms with van der Waals surface area (Å²) in [6.07, 6.45) is 0.386. The quantitative estimate of drug-likeness (QED) is 0.866. The summed E-state index contributed by atoms with van der Waals surface area (Å²) in [5, 5.41) is 3.44. The van der Waals surface area contributed by atoms with Gasteiger partial charge in [-0.2, -0.15) is 0 Å². The number of hydrogen-bond donors (Lipinski definition) is 1. The van der Waals surface area contributed by atoms with Crippen LogP contribution >= 0.6 is 23.4 Å². The molecule has 0 atom stereocenters. The van der Waals surface area contributed by atoms with Gasteiger partial charge in [-0.15, -0.1) is 11.8 Å². The summed E-state index contributed by atoms with van der Waals surface area (Å²) in [4.78, 5) is 26.0. The number of halogens is 1. The normalized spacial score (nSPS) is 15.8. The van der Waals surface area contributed by atoms with E-state index in [0.29, 0.717) is 36.8 Å². The second kappa shape index (κ2) is 6.82. The van der Waals surface area contributed by atoms with Gasteiger partial charge < -0.3 is 10.2 Å². The second-order valence-electron chi connectivity index (χ2n) is 4.22. The number of rotatable bonds is 3. The average Bonchev–Trinajstić information content (AvgIpc) is 2.63. The first-order valence-corrected chi connectivity index (χ1v) is 7.44. The van der Waals surface area contributed by atoms with Crippen molar-refractivity contribution in [3.05, 3.63) is 29.3 Å². The molecule has 0 aromatic heterocycles. The minimum atomic E-state index is 0.0145. The van der Waals surface area contributed by atoms with E-state index >= 15 is 0 Å². The van der Waals surface area contributed by atoms with Gasteiger partial charge in [-0.1, -0.05) is 11.6 Å². The predicted molar refractivity (Wildman–Crippen MR) is 76.4 cm³/mol. The molecule has 2 rings (SSSR count). The fraction of sp³-hybridized carbons (Fsp3) is 0.385. The zero-order valence-corrected chi connectivity index (χ0v) is 12.0. The van der Waals surface area contributed by atoms with E-state index in [9.17, 15) is 9.59 Å². The zero-order valence-electron chi connectivity index (χ0n) is 10.4. The summed E-state index contributed by atoms with van der Waals surface area (Å²) in [5.41, 5.74) is 0. The van der Waals surface area contributed by atoms with Crippen LogP contribution in [0, 0.1) is 0 Å². The van der Waals surface area contributed by atoms with Crippen molar-refractivity contribution >= 4 is 35.2 Å². The van der Waals surface area contributed by atoms with Gasteiger partial charge in [0.25, 0.3) is 0 Å². The van der Waals surface area contributed by atoms with Crippen LogP contribution in [0.25, 0.3) is 0 Å². The number of benzene rings is 1. The molecule has 2 amide bonds.